The number of hydrogen-bond acceptors (Lipinski definition) is 3. The summed E-state index contributed by atoms with van der Waals surface area (Å²) in [4.78, 5) is 21.1. The number of halogens is 2. The van der Waals surface area contributed by atoms with Gasteiger partial charge in [0.1, 0.15) is 11.0 Å². The first kappa shape index (κ1) is 14.8. The molecule has 0 radical (unpaired) electrons. The van der Waals surface area contributed by atoms with Crippen molar-refractivity contribution < 1.29 is 4.39 Å². The third kappa shape index (κ3) is 2.53. The first-order chi connectivity index (χ1) is 11.6. The summed E-state index contributed by atoms with van der Waals surface area (Å²) >= 11 is 6.25. The standard InChI is InChI=1S/C18H11ClFN3O/c19-17-12(7-11-3-1-2-4-15(11)22-17)9-23-10-21-16-8-13(20)5-6-14(16)18(23)24/h1-8,10H,9H2. The number of benzene rings is 2. The highest BCUT2D eigenvalue weighted by atomic mass is 35.5. The summed E-state index contributed by atoms with van der Waals surface area (Å²) in [5, 5.41) is 1.66. The second-order valence-corrected chi connectivity index (χ2v) is 5.83. The van der Waals surface area contributed by atoms with Gasteiger partial charge in [-0.1, -0.05) is 29.8 Å². The third-order valence-electron chi connectivity index (χ3n) is 3.88. The number of hydrogen-bond donors (Lipinski definition) is 0. The van der Waals surface area contributed by atoms with Gasteiger partial charge in [0.05, 0.1) is 29.3 Å². The second-order valence-electron chi connectivity index (χ2n) is 5.47. The largest absolute Gasteiger partial charge is 0.294 e. The van der Waals surface area contributed by atoms with E-state index in [1.54, 1.807) is 0 Å². The van der Waals surface area contributed by atoms with Crippen LogP contribution in [-0.2, 0) is 6.54 Å². The van der Waals surface area contributed by atoms with Crippen molar-refractivity contribution in [2.24, 2.45) is 0 Å². The lowest BCUT2D eigenvalue weighted by Crippen LogP contribution is -2.21. The Labute approximate surface area is 141 Å². The van der Waals surface area contributed by atoms with Crippen molar-refractivity contribution in [2.75, 3.05) is 0 Å². The van der Waals surface area contributed by atoms with Crippen LogP contribution in [0.2, 0.25) is 5.15 Å². The van der Waals surface area contributed by atoms with E-state index in [9.17, 15) is 9.18 Å². The summed E-state index contributed by atoms with van der Waals surface area (Å²) in [6, 6.07) is 13.5. The summed E-state index contributed by atoms with van der Waals surface area (Å²) in [6.07, 6.45) is 1.40. The van der Waals surface area contributed by atoms with Crippen LogP contribution in [0.15, 0.2) is 59.7 Å². The minimum atomic E-state index is -0.422. The molecule has 6 heteroatoms. The Kier molecular flexibility index (Phi) is 3.50. The number of pyridine rings is 1. The van der Waals surface area contributed by atoms with Crippen LogP contribution in [0.25, 0.3) is 21.8 Å². The highest BCUT2D eigenvalue weighted by Crippen LogP contribution is 2.21. The predicted octanol–water partition coefficient (Wildman–Crippen LogP) is 3.79. The molecule has 0 N–H and O–H groups in total. The average Bonchev–Trinajstić information content (AvgIpc) is 2.58. The molecule has 0 atom stereocenters. The summed E-state index contributed by atoms with van der Waals surface area (Å²) in [6.45, 7) is 0.246. The molecule has 0 aliphatic rings. The van der Waals surface area contributed by atoms with Gasteiger partial charge in [-0.05, 0) is 24.3 Å². The van der Waals surface area contributed by atoms with Crippen LogP contribution < -0.4 is 5.56 Å². The first-order valence-electron chi connectivity index (χ1n) is 7.31. The monoisotopic (exact) mass is 339 g/mol. The highest BCUT2D eigenvalue weighted by molar-refractivity contribution is 6.30. The van der Waals surface area contributed by atoms with Crippen molar-refractivity contribution in [2.45, 2.75) is 6.54 Å². The lowest BCUT2D eigenvalue weighted by atomic mass is 10.1. The lowest BCUT2D eigenvalue weighted by Gasteiger charge is -2.09. The van der Waals surface area contributed by atoms with Gasteiger partial charge in [0.2, 0.25) is 0 Å². The van der Waals surface area contributed by atoms with E-state index in [-0.39, 0.29) is 12.1 Å². The Morgan fingerprint density at radius 2 is 1.92 bits per heavy atom. The van der Waals surface area contributed by atoms with E-state index in [0.717, 1.165) is 16.5 Å². The molecule has 2 aromatic heterocycles. The van der Waals surface area contributed by atoms with Gasteiger partial charge in [0.25, 0.3) is 5.56 Å². The van der Waals surface area contributed by atoms with E-state index in [4.69, 9.17) is 11.6 Å². The first-order valence-corrected chi connectivity index (χ1v) is 7.68. The fourth-order valence-corrected chi connectivity index (χ4v) is 2.88. The van der Waals surface area contributed by atoms with Gasteiger partial charge >= 0.3 is 0 Å². The number of fused-ring (bicyclic) bond motifs is 2. The van der Waals surface area contributed by atoms with Crippen LogP contribution in [0.5, 0.6) is 0 Å². The molecular formula is C18H11ClFN3O. The molecule has 0 aliphatic carbocycles. The molecule has 4 nitrogen and oxygen atoms in total. The van der Waals surface area contributed by atoms with Gasteiger partial charge < -0.3 is 0 Å². The van der Waals surface area contributed by atoms with Crippen LogP contribution >= 0.6 is 11.6 Å². The van der Waals surface area contributed by atoms with Crippen molar-refractivity contribution in [3.8, 4) is 0 Å². The molecule has 0 saturated carbocycles. The van der Waals surface area contributed by atoms with E-state index in [1.165, 1.54) is 29.1 Å². The lowest BCUT2D eigenvalue weighted by molar-refractivity contribution is 0.629. The molecule has 0 unspecified atom stereocenters. The fraction of sp³-hybridized carbons (Fsp3) is 0.0556. The maximum absolute atomic E-state index is 13.2. The van der Waals surface area contributed by atoms with Crippen molar-refractivity contribution in [1.82, 2.24) is 14.5 Å². The summed E-state index contributed by atoms with van der Waals surface area (Å²) in [5.41, 5.74) is 1.61. The molecular weight excluding hydrogens is 329 g/mol. The molecule has 2 aromatic carbocycles. The van der Waals surface area contributed by atoms with Gasteiger partial charge in [-0.15, -0.1) is 0 Å². The molecule has 0 fully saturated rings. The predicted molar refractivity (Wildman–Crippen MR) is 91.8 cm³/mol. The van der Waals surface area contributed by atoms with Crippen molar-refractivity contribution >= 4 is 33.4 Å². The molecule has 0 spiro atoms. The zero-order valence-corrected chi connectivity index (χ0v) is 13.2. The van der Waals surface area contributed by atoms with Crippen LogP contribution in [0.3, 0.4) is 0 Å². The molecule has 4 rings (SSSR count). The number of para-hydroxylation sites is 1. The van der Waals surface area contributed by atoms with Crippen LogP contribution in [-0.4, -0.2) is 14.5 Å². The molecule has 0 saturated heterocycles. The van der Waals surface area contributed by atoms with Gasteiger partial charge in [-0.3, -0.25) is 9.36 Å². The third-order valence-corrected chi connectivity index (χ3v) is 4.21. The topological polar surface area (TPSA) is 47.8 Å². The minimum Gasteiger partial charge on any atom is -0.294 e. The van der Waals surface area contributed by atoms with E-state index < -0.39 is 5.82 Å². The van der Waals surface area contributed by atoms with Gasteiger partial charge in [0.15, 0.2) is 0 Å². The van der Waals surface area contributed by atoms with Crippen molar-refractivity contribution in [3.05, 3.63) is 81.7 Å². The van der Waals surface area contributed by atoms with Gasteiger partial charge in [0, 0.05) is 17.0 Å². The zero-order valence-electron chi connectivity index (χ0n) is 12.4. The Balaban J connectivity index is 1.82. The van der Waals surface area contributed by atoms with E-state index in [1.807, 2.05) is 30.3 Å². The Morgan fingerprint density at radius 3 is 2.79 bits per heavy atom. The van der Waals surface area contributed by atoms with Crippen LogP contribution in [0.4, 0.5) is 4.39 Å². The van der Waals surface area contributed by atoms with Crippen molar-refractivity contribution in [1.29, 1.82) is 0 Å². The molecule has 24 heavy (non-hydrogen) atoms. The quantitative estimate of drug-likeness (QED) is 0.522. The molecule has 0 aliphatic heterocycles. The van der Waals surface area contributed by atoms with Crippen LogP contribution in [0.1, 0.15) is 5.56 Å². The molecule has 2 heterocycles. The maximum Gasteiger partial charge on any atom is 0.261 e. The smallest absolute Gasteiger partial charge is 0.261 e. The summed E-state index contributed by atoms with van der Waals surface area (Å²) in [5.74, 6) is -0.422. The second kappa shape index (κ2) is 5.69. The minimum absolute atomic E-state index is 0.246. The summed E-state index contributed by atoms with van der Waals surface area (Å²) < 4.78 is 14.7. The van der Waals surface area contributed by atoms with Crippen LogP contribution in [0, 0.1) is 5.82 Å². The molecule has 0 bridgehead atoms. The Bertz CT molecular complexity index is 1140. The molecule has 118 valence electrons. The normalized spacial score (nSPS) is 11.2. The van der Waals surface area contributed by atoms with Gasteiger partial charge in [-0.2, -0.15) is 0 Å². The van der Waals surface area contributed by atoms with E-state index >= 15 is 0 Å². The average molecular weight is 340 g/mol. The zero-order chi connectivity index (χ0) is 16.7. The molecule has 4 aromatic rings. The molecule has 0 amide bonds. The van der Waals surface area contributed by atoms with Crippen molar-refractivity contribution in [3.63, 3.8) is 0 Å². The number of aromatic nitrogens is 3. The SMILES string of the molecule is O=c1c2ccc(F)cc2ncn1Cc1cc2ccccc2nc1Cl. The highest BCUT2D eigenvalue weighted by Gasteiger charge is 2.09. The van der Waals surface area contributed by atoms with Gasteiger partial charge in [-0.25, -0.2) is 14.4 Å². The number of rotatable bonds is 2. The fourth-order valence-electron chi connectivity index (χ4n) is 2.67. The summed E-state index contributed by atoms with van der Waals surface area (Å²) in [7, 11) is 0. The maximum atomic E-state index is 13.2. The van der Waals surface area contributed by atoms with E-state index in [0.29, 0.717) is 16.1 Å². The Morgan fingerprint density at radius 1 is 1.08 bits per heavy atom. The van der Waals surface area contributed by atoms with E-state index in [2.05, 4.69) is 9.97 Å². The number of nitrogens with zero attached hydrogens (tertiary/aromatic N) is 3. The Hall–Kier alpha value is -2.79.